The molecule has 0 aliphatic heterocycles. The Morgan fingerprint density at radius 1 is 0.407 bits per heavy atom. The first-order valence-corrected chi connectivity index (χ1v) is 12.8. The summed E-state index contributed by atoms with van der Waals surface area (Å²) in [6.45, 7) is 6.74. The maximum atomic E-state index is 14.2. The summed E-state index contributed by atoms with van der Waals surface area (Å²) >= 11 is 0. The van der Waals surface area contributed by atoms with Crippen molar-refractivity contribution in [2.45, 2.75) is 156 Å². The van der Waals surface area contributed by atoms with Gasteiger partial charge in [0, 0.05) is 0 Å². The number of rotatable bonds is 22. The average Bonchev–Trinajstić information content (AvgIpc) is 2.69. The fourth-order valence-electron chi connectivity index (χ4n) is 4.42. The molecule has 0 rings (SSSR count). The average molecular weight is 385 g/mol. The number of halogens is 1. The highest BCUT2D eigenvalue weighted by Gasteiger charge is 2.28. The van der Waals surface area contributed by atoms with Crippen LogP contribution in [0.5, 0.6) is 0 Å². The van der Waals surface area contributed by atoms with Crippen LogP contribution in [0.4, 0.5) is 4.39 Å². The molecular formula is C26H53F. The lowest BCUT2D eigenvalue weighted by atomic mass is 9.75. The maximum absolute atomic E-state index is 14.2. The second-order valence-corrected chi connectivity index (χ2v) is 9.19. The molecule has 0 saturated heterocycles. The molecule has 0 heterocycles. The quantitative estimate of drug-likeness (QED) is 0.163. The molecule has 0 aliphatic rings. The van der Waals surface area contributed by atoms with E-state index in [4.69, 9.17) is 0 Å². The number of alkyl halides is 1. The minimum absolute atomic E-state index is 0.0142. The SMILES string of the molecule is CCCCCCCCC(CF)(CCCCCCCC)CCCCCCCC. The minimum Gasteiger partial charge on any atom is -0.250 e. The topological polar surface area (TPSA) is 0 Å². The van der Waals surface area contributed by atoms with Gasteiger partial charge in [-0.15, -0.1) is 0 Å². The molecule has 0 unspecified atom stereocenters. The highest BCUT2D eigenvalue weighted by atomic mass is 19.1. The largest absolute Gasteiger partial charge is 0.250 e. The van der Waals surface area contributed by atoms with Crippen molar-refractivity contribution in [2.24, 2.45) is 5.41 Å². The molecule has 0 aromatic heterocycles. The second-order valence-electron chi connectivity index (χ2n) is 9.19. The number of unbranched alkanes of at least 4 members (excludes halogenated alkanes) is 15. The Hall–Kier alpha value is -0.0700. The lowest BCUT2D eigenvalue weighted by Crippen LogP contribution is -2.24. The van der Waals surface area contributed by atoms with Gasteiger partial charge in [0.2, 0.25) is 0 Å². The van der Waals surface area contributed by atoms with Crippen LogP contribution >= 0.6 is 0 Å². The highest BCUT2D eigenvalue weighted by molar-refractivity contribution is 4.79. The van der Waals surface area contributed by atoms with Crippen LogP contribution < -0.4 is 0 Å². The van der Waals surface area contributed by atoms with Gasteiger partial charge in [-0.1, -0.05) is 136 Å². The van der Waals surface area contributed by atoms with Crippen LogP contribution in [-0.2, 0) is 0 Å². The van der Waals surface area contributed by atoms with E-state index in [1.807, 2.05) is 0 Å². The van der Waals surface area contributed by atoms with Crippen molar-refractivity contribution >= 4 is 0 Å². The van der Waals surface area contributed by atoms with Crippen LogP contribution in [0.3, 0.4) is 0 Å². The summed E-state index contributed by atoms with van der Waals surface area (Å²) in [6.07, 6.45) is 27.3. The molecule has 164 valence electrons. The molecule has 0 fully saturated rings. The van der Waals surface area contributed by atoms with Gasteiger partial charge in [-0.3, -0.25) is 4.39 Å². The van der Waals surface area contributed by atoms with Crippen molar-refractivity contribution in [3.63, 3.8) is 0 Å². The Kier molecular flexibility index (Phi) is 20.6. The normalized spacial score (nSPS) is 12.0. The van der Waals surface area contributed by atoms with Crippen molar-refractivity contribution in [3.05, 3.63) is 0 Å². The minimum atomic E-state index is -0.0775. The van der Waals surface area contributed by atoms with E-state index in [1.165, 1.54) is 116 Å². The van der Waals surface area contributed by atoms with Crippen molar-refractivity contribution < 1.29 is 4.39 Å². The summed E-state index contributed by atoms with van der Waals surface area (Å²) in [5.74, 6) is 0. The molecule has 0 spiro atoms. The summed E-state index contributed by atoms with van der Waals surface area (Å²) in [7, 11) is 0. The fraction of sp³-hybridized carbons (Fsp3) is 1.00. The summed E-state index contributed by atoms with van der Waals surface area (Å²) in [6, 6.07) is 0. The Morgan fingerprint density at radius 3 is 0.926 bits per heavy atom. The Morgan fingerprint density at radius 2 is 0.667 bits per heavy atom. The van der Waals surface area contributed by atoms with Crippen molar-refractivity contribution in [1.29, 1.82) is 0 Å². The van der Waals surface area contributed by atoms with Crippen LogP contribution in [-0.4, -0.2) is 6.67 Å². The molecule has 0 aromatic rings. The summed E-state index contributed by atoms with van der Waals surface area (Å²) < 4.78 is 14.2. The molecule has 0 radical (unpaired) electrons. The van der Waals surface area contributed by atoms with Gasteiger partial charge in [0.15, 0.2) is 0 Å². The zero-order valence-electron chi connectivity index (χ0n) is 19.4. The first-order valence-electron chi connectivity index (χ1n) is 12.8. The van der Waals surface area contributed by atoms with E-state index < -0.39 is 0 Å². The van der Waals surface area contributed by atoms with Gasteiger partial charge in [-0.05, 0) is 24.7 Å². The van der Waals surface area contributed by atoms with E-state index in [0.717, 1.165) is 19.3 Å². The zero-order chi connectivity index (χ0) is 20.1. The Bertz CT molecular complexity index is 233. The molecule has 0 N–H and O–H groups in total. The van der Waals surface area contributed by atoms with E-state index in [0.29, 0.717) is 0 Å². The summed E-state index contributed by atoms with van der Waals surface area (Å²) in [5.41, 5.74) is 0.0142. The van der Waals surface area contributed by atoms with Crippen molar-refractivity contribution in [2.75, 3.05) is 6.67 Å². The first kappa shape index (κ1) is 26.9. The Balaban J connectivity index is 4.23. The highest BCUT2D eigenvalue weighted by Crippen LogP contribution is 2.38. The molecule has 0 aliphatic carbocycles. The fourth-order valence-corrected chi connectivity index (χ4v) is 4.42. The lowest BCUT2D eigenvalue weighted by molar-refractivity contribution is 0.142. The van der Waals surface area contributed by atoms with Gasteiger partial charge in [0.25, 0.3) is 0 Å². The van der Waals surface area contributed by atoms with Crippen LogP contribution in [0.1, 0.15) is 156 Å². The standard InChI is InChI=1S/C26H53F/c1-4-7-10-13-16-19-22-26(25-27,23-20-17-14-11-8-5-2)24-21-18-15-12-9-6-3/h4-25H2,1-3H3. The van der Waals surface area contributed by atoms with E-state index in [9.17, 15) is 4.39 Å². The maximum Gasteiger partial charge on any atom is 0.0950 e. The van der Waals surface area contributed by atoms with Crippen LogP contribution in [0.2, 0.25) is 0 Å². The van der Waals surface area contributed by atoms with E-state index in [1.54, 1.807) is 0 Å². The third kappa shape index (κ3) is 16.6. The van der Waals surface area contributed by atoms with Gasteiger partial charge in [0.1, 0.15) is 0 Å². The monoisotopic (exact) mass is 384 g/mol. The van der Waals surface area contributed by atoms with E-state index in [-0.39, 0.29) is 12.1 Å². The molecule has 0 amide bonds. The van der Waals surface area contributed by atoms with Gasteiger partial charge >= 0.3 is 0 Å². The Labute approximate surface area is 172 Å². The molecule has 27 heavy (non-hydrogen) atoms. The smallest absolute Gasteiger partial charge is 0.0950 e. The van der Waals surface area contributed by atoms with Gasteiger partial charge in [-0.2, -0.15) is 0 Å². The third-order valence-corrected chi connectivity index (χ3v) is 6.47. The van der Waals surface area contributed by atoms with Crippen molar-refractivity contribution in [1.82, 2.24) is 0 Å². The molecular weight excluding hydrogens is 331 g/mol. The number of hydrogen-bond acceptors (Lipinski definition) is 0. The van der Waals surface area contributed by atoms with E-state index in [2.05, 4.69) is 20.8 Å². The third-order valence-electron chi connectivity index (χ3n) is 6.47. The van der Waals surface area contributed by atoms with Gasteiger partial charge in [0.05, 0.1) is 6.67 Å². The first-order chi connectivity index (χ1) is 13.2. The molecule has 1 heteroatoms. The van der Waals surface area contributed by atoms with E-state index >= 15 is 0 Å². The lowest BCUT2D eigenvalue weighted by Gasteiger charge is -2.32. The molecule has 0 nitrogen and oxygen atoms in total. The van der Waals surface area contributed by atoms with Crippen molar-refractivity contribution in [3.8, 4) is 0 Å². The summed E-state index contributed by atoms with van der Waals surface area (Å²) in [4.78, 5) is 0. The van der Waals surface area contributed by atoms with Crippen LogP contribution in [0, 0.1) is 5.41 Å². The predicted molar refractivity (Wildman–Crippen MR) is 122 cm³/mol. The molecule has 0 atom stereocenters. The van der Waals surface area contributed by atoms with Crippen LogP contribution in [0.25, 0.3) is 0 Å². The zero-order valence-corrected chi connectivity index (χ0v) is 19.4. The summed E-state index contributed by atoms with van der Waals surface area (Å²) in [5, 5.41) is 0. The molecule has 0 aromatic carbocycles. The molecule has 0 bridgehead atoms. The van der Waals surface area contributed by atoms with Gasteiger partial charge < -0.3 is 0 Å². The number of hydrogen-bond donors (Lipinski definition) is 0. The van der Waals surface area contributed by atoms with Crippen LogP contribution in [0.15, 0.2) is 0 Å². The van der Waals surface area contributed by atoms with Gasteiger partial charge in [-0.25, -0.2) is 0 Å². The second kappa shape index (κ2) is 20.7. The predicted octanol–water partition coefficient (Wildman–Crippen LogP) is 10.2. The molecule has 0 saturated carbocycles.